The van der Waals surface area contributed by atoms with Crippen molar-refractivity contribution in [1.29, 1.82) is 0 Å². The molecule has 0 spiro atoms. The van der Waals surface area contributed by atoms with E-state index in [1.807, 2.05) is 26.8 Å². The first-order valence-electron chi connectivity index (χ1n) is 6.70. The molecule has 0 N–H and O–H groups in total. The first-order valence-corrected chi connectivity index (χ1v) is 6.70. The summed E-state index contributed by atoms with van der Waals surface area (Å²) < 4.78 is 30.8. The Morgan fingerprint density at radius 1 is 1.42 bits per heavy atom. The zero-order valence-corrected chi connectivity index (χ0v) is 11.7. The second kappa shape index (κ2) is 4.76. The fourth-order valence-corrected chi connectivity index (χ4v) is 2.46. The molecule has 1 saturated carbocycles. The molecule has 3 nitrogen and oxygen atoms in total. The van der Waals surface area contributed by atoms with Gasteiger partial charge in [-0.15, -0.1) is 0 Å². The number of alkyl halides is 2. The van der Waals surface area contributed by atoms with E-state index >= 15 is 0 Å². The predicted octanol–water partition coefficient (Wildman–Crippen LogP) is 3.60. The van der Waals surface area contributed by atoms with Crippen LogP contribution in [0.4, 0.5) is 13.6 Å². The summed E-state index contributed by atoms with van der Waals surface area (Å²) in [5.41, 5.74) is 0.575. The zero-order valence-electron chi connectivity index (χ0n) is 11.7. The van der Waals surface area contributed by atoms with Gasteiger partial charge in [-0.3, -0.25) is 0 Å². The van der Waals surface area contributed by atoms with Crippen LogP contribution < -0.4 is 0 Å². The number of halogens is 2. The molecule has 0 unspecified atom stereocenters. The number of amides is 1. The van der Waals surface area contributed by atoms with Crippen molar-refractivity contribution in [3.05, 3.63) is 11.6 Å². The molecule has 0 radical (unpaired) electrons. The minimum Gasteiger partial charge on any atom is -0.444 e. The van der Waals surface area contributed by atoms with Gasteiger partial charge in [-0.05, 0) is 33.1 Å². The average Bonchev–Trinajstić information content (AvgIpc) is 2.60. The Balaban J connectivity index is 1.83. The molecule has 1 amide bonds. The highest BCUT2D eigenvalue weighted by atomic mass is 19.3. The Kier molecular flexibility index (Phi) is 3.58. The van der Waals surface area contributed by atoms with Crippen LogP contribution >= 0.6 is 0 Å². The SMILES string of the molecule is CC(C)(C)OC(=O)N1CCC(=CC2CC(F)(F)C2)C1. The lowest BCUT2D eigenvalue weighted by Crippen LogP contribution is -2.35. The largest absolute Gasteiger partial charge is 0.444 e. The van der Waals surface area contributed by atoms with Crippen molar-refractivity contribution >= 4 is 6.09 Å². The summed E-state index contributed by atoms with van der Waals surface area (Å²) in [6.07, 6.45) is 2.25. The summed E-state index contributed by atoms with van der Waals surface area (Å²) in [6, 6.07) is 0. The fraction of sp³-hybridized carbons (Fsp3) is 0.786. The minimum absolute atomic E-state index is 0.0245. The van der Waals surface area contributed by atoms with Gasteiger partial charge < -0.3 is 9.64 Å². The predicted molar refractivity (Wildman–Crippen MR) is 68.2 cm³/mol. The van der Waals surface area contributed by atoms with E-state index in [4.69, 9.17) is 4.74 Å². The van der Waals surface area contributed by atoms with Gasteiger partial charge in [0.1, 0.15) is 5.60 Å². The van der Waals surface area contributed by atoms with Gasteiger partial charge in [0.15, 0.2) is 0 Å². The van der Waals surface area contributed by atoms with Crippen molar-refractivity contribution in [3.8, 4) is 0 Å². The van der Waals surface area contributed by atoms with Crippen molar-refractivity contribution in [2.45, 2.75) is 51.6 Å². The van der Waals surface area contributed by atoms with Gasteiger partial charge in [-0.25, -0.2) is 13.6 Å². The summed E-state index contributed by atoms with van der Waals surface area (Å²) >= 11 is 0. The highest BCUT2D eigenvalue weighted by Crippen LogP contribution is 2.43. The number of ether oxygens (including phenoxy) is 1. The number of hydrogen-bond acceptors (Lipinski definition) is 2. The lowest BCUT2D eigenvalue weighted by Gasteiger charge is -2.33. The van der Waals surface area contributed by atoms with Gasteiger partial charge in [-0.2, -0.15) is 0 Å². The second-order valence-electron chi connectivity index (χ2n) is 6.50. The maximum Gasteiger partial charge on any atom is 0.410 e. The number of carbonyl (C=O) groups is 1. The van der Waals surface area contributed by atoms with Gasteiger partial charge in [0.05, 0.1) is 0 Å². The van der Waals surface area contributed by atoms with Crippen LogP contribution in [0.25, 0.3) is 0 Å². The molecule has 0 aromatic carbocycles. The summed E-state index contributed by atoms with van der Waals surface area (Å²) in [6.45, 7) is 6.61. The number of hydrogen-bond donors (Lipinski definition) is 0. The molecular formula is C14H21F2NO2. The number of allylic oxidation sites excluding steroid dienone is 1. The van der Waals surface area contributed by atoms with E-state index in [1.165, 1.54) is 0 Å². The normalized spacial score (nSPS) is 25.5. The lowest BCUT2D eigenvalue weighted by atomic mass is 9.80. The third kappa shape index (κ3) is 3.91. The van der Waals surface area contributed by atoms with Crippen molar-refractivity contribution in [2.75, 3.05) is 13.1 Å². The van der Waals surface area contributed by atoms with Crippen molar-refractivity contribution in [1.82, 2.24) is 4.90 Å². The van der Waals surface area contributed by atoms with E-state index in [-0.39, 0.29) is 24.9 Å². The topological polar surface area (TPSA) is 29.5 Å². The molecule has 0 aromatic rings. The molecule has 0 bridgehead atoms. The zero-order chi connectivity index (χ0) is 14.3. The highest BCUT2D eigenvalue weighted by Gasteiger charge is 2.44. The maximum absolute atomic E-state index is 12.7. The van der Waals surface area contributed by atoms with Crippen LogP contribution in [0, 0.1) is 5.92 Å². The van der Waals surface area contributed by atoms with Gasteiger partial charge in [0, 0.05) is 25.9 Å². The minimum atomic E-state index is -2.48. The van der Waals surface area contributed by atoms with Crippen molar-refractivity contribution in [3.63, 3.8) is 0 Å². The van der Waals surface area contributed by atoms with Gasteiger partial charge in [0.25, 0.3) is 0 Å². The van der Waals surface area contributed by atoms with Crippen LogP contribution in [0.5, 0.6) is 0 Å². The molecule has 2 fully saturated rings. The number of likely N-dealkylation sites (tertiary alicyclic amines) is 1. The van der Waals surface area contributed by atoms with E-state index in [1.54, 1.807) is 4.90 Å². The third-order valence-corrected chi connectivity index (χ3v) is 3.34. The Hall–Kier alpha value is -1.13. The fourth-order valence-electron chi connectivity index (χ4n) is 2.46. The van der Waals surface area contributed by atoms with Crippen LogP contribution in [0.3, 0.4) is 0 Å². The third-order valence-electron chi connectivity index (χ3n) is 3.34. The molecule has 0 aromatic heterocycles. The van der Waals surface area contributed by atoms with Crippen LogP contribution in [0.15, 0.2) is 11.6 Å². The quantitative estimate of drug-likeness (QED) is 0.683. The molecule has 1 aliphatic carbocycles. The van der Waals surface area contributed by atoms with Crippen molar-refractivity contribution < 1.29 is 18.3 Å². The molecular weight excluding hydrogens is 252 g/mol. The summed E-state index contributed by atoms with van der Waals surface area (Å²) in [5.74, 6) is -2.51. The molecule has 108 valence electrons. The van der Waals surface area contributed by atoms with Crippen LogP contribution in [-0.2, 0) is 4.74 Å². The Morgan fingerprint density at radius 3 is 2.58 bits per heavy atom. The molecule has 0 atom stereocenters. The Bertz CT molecular complexity index is 391. The van der Waals surface area contributed by atoms with E-state index in [0.717, 1.165) is 12.0 Å². The van der Waals surface area contributed by atoms with E-state index < -0.39 is 11.5 Å². The second-order valence-corrected chi connectivity index (χ2v) is 6.50. The number of nitrogens with zero attached hydrogens (tertiary/aromatic N) is 1. The Morgan fingerprint density at radius 2 is 2.05 bits per heavy atom. The van der Waals surface area contributed by atoms with Crippen LogP contribution in [0.1, 0.15) is 40.0 Å². The molecule has 19 heavy (non-hydrogen) atoms. The summed E-state index contributed by atoms with van der Waals surface area (Å²) in [5, 5.41) is 0. The van der Waals surface area contributed by atoms with Gasteiger partial charge in [0.2, 0.25) is 5.92 Å². The summed E-state index contributed by atoms with van der Waals surface area (Å²) in [7, 11) is 0. The van der Waals surface area contributed by atoms with Gasteiger partial charge >= 0.3 is 6.09 Å². The molecule has 1 saturated heterocycles. The van der Waals surface area contributed by atoms with Crippen LogP contribution in [-0.4, -0.2) is 35.6 Å². The monoisotopic (exact) mass is 273 g/mol. The molecule has 1 heterocycles. The average molecular weight is 273 g/mol. The van der Waals surface area contributed by atoms with Crippen molar-refractivity contribution in [2.24, 2.45) is 5.92 Å². The number of rotatable bonds is 1. The van der Waals surface area contributed by atoms with Crippen LogP contribution in [0.2, 0.25) is 0 Å². The first-order chi connectivity index (χ1) is 8.65. The summed E-state index contributed by atoms with van der Waals surface area (Å²) in [4.78, 5) is 13.5. The highest BCUT2D eigenvalue weighted by molar-refractivity contribution is 5.69. The number of carbonyl (C=O) groups excluding carboxylic acids is 1. The van der Waals surface area contributed by atoms with E-state index in [0.29, 0.717) is 13.1 Å². The maximum atomic E-state index is 12.7. The Labute approximate surface area is 112 Å². The molecule has 2 rings (SSSR count). The molecule has 5 heteroatoms. The smallest absolute Gasteiger partial charge is 0.410 e. The lowest BCUT2D eigenvalue weighted by molar-refractivity contribution is -0.0964. The molecule has 1 aliphatic heterocycles. The van der Waals surface area contributed by atoms with Gasteiger partial charge in [-0.1, -0.05) is 11.6 Å². The standard InChI is InChI=1S/C14H21F2NO2/c1-13(2,3)19-12(18)17-5-4-10(9-17)6-11-7-14(15,16)8-11/h6,11H,4-5,7-9H2,1-3H3. The van der Waals surface area contributed by atoms with E-state index in [9.17, 15) is 13.6 Å². The molecule has 2 aliphatic rings. The van der Waals surface area contributed by atoms with E-state index in [2.05, 4.69) is 0 Å². The first kappa shape index (κ1) is 14.3.